The number of rotatable bonds is 5. The summed E-state index contributed by atoms with van der Waals surface area (Å²) in [5.41, 5.74) is 0.511. The summed E-state index contributed by atoms with van der Waals surface area (Å²) in [6, 6.07) is 7.62. The maximum Gasteiger partial charge on any atom is 0.405 e. The van der Waals surface area contributed by atoms with Crippen molar-refractivity contribution < 1.29 is 18.0 Å². The number of aromatic amines is 1. The monoisotopic (exact) mass is 337 g/mol. The number of allylic oxidation sites excluding steroid dienone is 1. The zero-order chi connectivity index (χ0) is 17.6. The maximum absolute atomic E-state index is 12.1. The van der Waals surface area contributed by atoms with E-state index in [-0.39, 0.29) is 17.0 Å². The predicted octanol–water partition coefficient (Wildman–Crippen LogP) is 1.47. The van der Waals surface area contributed by atoms with Crippen LogP contribution in [0.1, 0.15) is 16.2 Å². The van der Waals surface area contributed by atoms with Crippen LogP contribution >= 0.6 is 0 Å². The zero-order valence-electron chi connectivity index (χ0n) is 11.9. The number of aromatic nitrogens is 4. The first kappa shape index (κ1) is 16.9. The van der Waals surface area contributed by atoms with Gasteiger partial charge in [-0.2, -0.15) is 23.6 Å². The third-order valence-corrected chi connectivity index (χ3v) is 2.66. The number of tetrazole rings is 1. The molecule has 0 saturated carbocycles. The van der Waals surface area contributed by atoms with Gasteiger partial charge in [0.1, 0.15) is 18.2 Å². The minimum atomic E-state index is -4.49. The summed E-state index contributed by atoms with van der Waals surface area (Å²) in [6.07, 6.45) is -3.20. The second-order valence-corrected chi connectivity index (χ2v) is 4.43. The molecule has 3 N–H and O–H groups in total. The SMILES string of the molecule is N#CC(=CNc1cccc(C(=O)NCC(F)(F)F)c1)c1nn[nH]n1. The van der Waals surface area contributed by atoms with Crippen LogP contribution in [0.4, 0.5) is 18.9 Å². The number of benzene rings is 1. The number of hydrogen-bond acceptors (Lipinski definition) is 6. The van der Waals surface area contributed by atoms with Crippen molar-refractivity contribution in [3.63, 3.8) is 0 Å². The molecule has 1 aromatic heterocycles. The van der Waals surface area contributed by atoms with Crippen molar-refractivity contribution in [2.75, 3.05) is 11.9 Å². The fourth-order valence-corrected chi connectivity index (χ4v) is 1.61. The second kappa shape index (κ2) is 7.23. The Morgan fingerprint density at radius 3 is 2.83 bits per heavy atom. The molecule has 1 aromatic carbocycles. The van der Waals surface area contributed by atoms with Crippen LogP contribution in [0.25, 0.3) is 5.57 Å². The van der Waals surface area contributed by atoms with Gasteiger partial charge in [0.25, 0.3) is 5.91 Å². The average molecular weight is 337 g/mol. The van der Waals surface area contributed by atoms with Gasteiger partial charge in [-0.15, -0.1) is 10.2 Å². The third-order valence-electron chi connectivity index (χ3n) is 2.66. The molecule has 0 spiro atoms. The summed E-state index contributed by atoms with van der Waals surface area (Å²) in [6.45, 7) is -1.42. The molecule has 124 valence electrons. The Hall–Kier alpha value is -3.42. The lowest BCUT2D eigenvalue weighted by Gasteiger charge is -2.09. The van der Waals surface area contributed by atoms with Crippen LogP contribution < -0.4 is 10.6 Å². The largest absolute Gasteiger partial charge is 0.405 e. The first-order valence-corrected chi connectivity index (χ1v) is 6.44. The van der Waals surface area contributed by atoms with E-state index < -0.39 is 18.6 Å². The zero-order valence-corrected chi connectivity index (χ0v) is 11.9. The molecule has 0 unspecified atom stereocenters. The molecule has 0 bridgehead atoms. The number of carbonyl (C=O) groups is 1. The number of anilines is 1. The van der Waals surface area contributed by atoms with Crippen LogP contribution in [0.2, 0.25) is 0 Å². The van der Waals surface area contributed by atoms with Crippen molar-refractivity contribution >= 4 is 17.2 Å². The molecular weight excluding hydrogens is 327 g/mol. The van der Waals surface area contributed by atoms with Gasteiger partial charge in [0, 0.05) is 17.5 Å². The van der Waals surface area contributed by atoms with Gasteiger partial charge in [0.15, 0.2) is 0 Å². The predicted molar refractivity (Wildman–Crippen MR) is 76.2 cm³/mol. The first-order valence-electron chi connectivity index (χ1n) is 6.44. The average Bonchev–Trinajstić information content (AvgIpc) is 3.07. The lowest BCUT2D eigenvalue weighted by atomic mass is 10.2. The van der Waals surface area contributed by atoms with E-state index in [1.54, 1.807) is 11.4 Å². The van der Waals surface area contributed by atoms with Gasteiger partial charge in [-0.3, -0.25) is 4.79 Å². The molecule has 0 aliphatic rings. The first-order chi connectivity index (χ1) is 11.4. The van der Waals surface area contributed by atoms with E-state index in [4.69, 9.17) is 5.26 Å². The smallest absolute Gasteiger partial charge is 0.360 e. The number of nitriles is 1. The number of nitrogens with zero attached hydrogens (tertiary/aromatic N) is 4. The van der Waals surface area contributed by atoms with Crippen LogP contribution in [0, 0.1) is 11.3 Å². The fraction of sp³-hybridized carbons (Fsp3) is 0.154. The van der Waals surface area contributed by atoms with Crippen LogP contribution in [0.5, 0.6) is 0 Å². The summed E-state index contributed by atoms with van der Waals surface area (Å²) in [5.74, 6) is -0.789. The fourth-order valence-electron chi connectivity index (χ4n) is 1.61. The van der Waals surface area contributed by atoms with Crippen LogP contribution in [0.3, 0.4) is 0 Å². The molecule has 1 amide bonds. The number of nitrogens with one attached hydrogen (secondary N) is 3. The standard InChI is InChI=1S/C13H10F3N7O/c14-13(15,16)7-19-12(24)8-2-1-3-10(4-8)18-6-9(5-17)11-20-22-23-21-11/h1-4,6,18H,7H2,(H,19,24)(H,20,21,22,23). The van der Waals surface area contributed by atoms with Crippen molar-refractivity contribution in [1.29, 1.82) is 5.26 Å². The molecule has 0 fully saturated rings. The van der Waals surface area contributed by atoms with E-state index in [9.17, 15) is 18.0 Å². The summed E-state index contributed by atoms with van der Waals surface area (Å²) in [4.78, 5) is 11.7. The van der Waals surface area contributed by atoms with E-state index in [2.05, 4.69) is 25.9 Å². The molecule has 0 radical (unpaired) electrons. The summed E-state index contributed by atoms with van der Waals surface area (Å²) >= 11 is 0. The number of hydrogen-bond donors (Lipinski definition) is 3. The second-order valence-electron chi connectivity index (χ2n) is 4.43. The maximum atomic E-state index is 12.1. The van der Waals surface area contributed by atoms with Gasteiger partial charge >= 0.3 is 6.18 Å². The van der Waals surface area contributed by atoms with Gasteiger partial charge in [-0.05, 0) is 23.4 Å². The van der Waals surface area contributed by atoms with Gasteiger partial charge in [0.2, 0.25) is 5.82 Å². The minimum Gasteiger partial charge on any atom is -0.360 e. The Morgan fingerprint density at radius 2 is 2.21 bits per heavy atom. The van der Waals surface area contributed by atoms with Gasteiger partial charge in [-0.25, -0.2) is 0 Å². The van der Waals surface area contributed by atoms with Crippen LogP contribution in [0.15, 0.2) is 30.5 Å². The van der Waals surface area contributed by atoms with Gasteiger partial charge in [0.05, 0.1) is 0 Å². The highest BCUT2D eigenvalue weighted by molar-refractivity contribution is 5.95. The van der Waals surface area contributed by atoms with E-state index >= 15 is 0 Å². The van der Waals surface area contributed by atoms with E-state index in [0.29, 0.717) is 5.69 Å². The summed E-state index contributed by atoms with van der Waals surface area (Å²) in [5, 5.41) is 26.3. The number of halogens is 3. The van der Waals surface area contributed by atoms with Crippen molar-refractivity contribution in [2.24, 2.45) is 0 Å². The highest BCUT2D eigenvalue weighted by atomic mass is 19.4. The van der Waals surface area contributed by atoms with Crippen molar-refractivity contribution in [3.05, 3.63) is 41.9 Å². The number of amides is 1. The molecule has 2 aromatic rings. The van der Waals surface area contributed by atoms with Crippen LogP contribution in [-0.4, -0.2) is 39.3 Å². The highest BCUT2D eigenvalue weighted by Crippen LogP contribution is 2.15. The molecule has 24 heavy (non-hydrogen) atoms. The summed E-state index contributed by atoms with van der Waals surface area (Å²) in [7, 11) is 0. The summed E-state index contributed by atoms with van der Waals surface area (Å²) < 4.78 is 36.3. The Labute approximate surface area is 133 Å². The molecule has 0 saturated heterocycles. The number of carbonyl (C=O) groups excluding carboxylic acids is 1. The van der Waals surface area contributed by atoms with Crippen molar-refractivity contribution in [1.82, 2.24) is 25.9 Å². The number of alkyl halides is 3. The minimum absolute atomic E-state index is 0.0377. The molecule has 8 nitrogen and oxygen atoms in total. The Balaban J connectivity index is 2.08. The molecule has 1 heterocycles. The highest BCUT2D eigenvalue weighted by Gasteiger charge is 2.27. The van der Waals surface area contributed by atoms with Gasteiger partial charge < -0.3 is 10.6 Å². The molecule has 11 heteroatoms. The molecule has 0 atom stereocenters. The third kappa shape index (κ3) is 4.80. The van der Waals surface area contributed by atoms with Gasteiger partial charge in [-0.1, -0.05) is 6.07 Å². The molecule has 0 aliphatic heterocycles. The molecule has 2 rings (SSSR count). The van der Waals surface area contributed by atoms with Crippen molar-refractivity contribution in [3.8, 4) is 6.07 Å². The topological polar surface area (TPSA) is 119 Å². The normalized spacial score (nSPS) is 11.7. The Morgan fingerprint density at radius 1 is 1.42 bits per heavy atom. The Kier molecular flexibility index (Phi) is 5.10. The quantitative estimate of drug-likeness (QED) is 0.711. The molecule has 0 aliphatic carbocycles. The van der Waals surface area contributed by atoms with Crippen molar-refractivity contribution in [2.45, 2.75) is 6.18 Å². The Bertz CT molecular complexity index is 778. The molecular formula is C13H10F3N7O. The lowest BCUT2D eigenvalue weighted by Crippen LogP contribution is -2.33. The van der Waals surface area contributed by atoms with Crippen LogP contribution in [-0.2, 0) is 0 Å². The van der Waals surface area contributed by atoms with E-state index in [1.165, 1.54) is 24.4 Å². The lowest BCUT2D eigenvalue weighted by molar-refractivity contribution is -0.123. The number of H-pyrrole nitrogens is 1. The van der Waals surface area contributed by atoms with E-state index in [0.717, 1.165) is 0 Å². The van der Waals surface area contributed by atoms with E-state index in [1.807, 2.05) is 6.07 Å².